The first-order valence-electron chi connectivity index (χ1n) is 7.18. The van der Waals surface area contributed by atoms with E-state index in [4.69, 9.17) is 16.3 Å². The summed E-state index contributed by atoms with van der Waals surface area (Å²) in [6.07, 6.45) is 1.88. The lowest BCUT2D eigenvalue weighted by molar-refractivity contribution is 0.102. The fourth-order valence-electron chi connectivity index (χ4n) is 2.43. The molecule has 1 amide bonds. The van der Waals surface area contributed by atoms with Crippen LogP contribution >= 0.6 is 22.9 Å². The molecule has 2 aromatic rings. The van der Waals surface area contributed by atoms with Crippen LogP contribution in [0.1, 0.15) is 23.1 Å². The van der Waals surface area contributed by atoms with Gasteiger partial charge in [0.05, 0.1) is 25.4 Å². The van der Waals surface area contributed by atoms with Crippen molar-refractivity contribution < 1.29 is 9.53 Å². The third-order valence-electron chi connectivity index (χ3n) is 3.50. The van der Waals surface area contributed by atoms with Gasteiger partial charge in [-0.15, -0.1) is 11.3 Å². The highest BCUT2D eigenvalue weighted by atomic mass is 35.5. The number of aromatic nitrogens is 3. The Morgan fingerprint density at radius 3 is 3.04 bits per heavy atom. The lowest BCUT2D eigenvalue weighted by Gasteiger charge is -2.27. The molecule has 0 saturated carbocycles. The zero-order chi connectivity index (χ0) is 16.4. The van der Waals surface area contributed by atoms with E-state index in [-0.39, 0.29) is 11.7 Å². The van der Waals surface area contributed by atoms with E-state index < -0.39 is 0 Å². The first-order valence-corrected chi connectivity index (χ1v) is 8.38. The van der Waals surface area contributed by atoms with Gasteiger partial charge in [0, 0.05) is 35.7 Å². The van der Waals surface area contributed by atoms with E-state index in [9.17, 15) is 9.59 Å². The number of amides is 1. The summed E-state index contributed by atoms with van der Waals surface area (Å²) in [5.74, 6) is 0. The third-order valence-corrected chi connectivity index (χ3v) is 4.60. The second kappa shape index (κ2) is 6.67. The van der Waals surface area contributed by atoms with E-state index in [0.29, 0.717) is 37.1 Å². The average Bonchev–Trinajstić information content (AvgIpc) is 2.93. The first-order chi connectivity index (χ1) is 11.1. The Hall–Kier alpha value is -1.93. The smallest absolute Gasteiger partial charge is 0.410 e. The third kappa shape index (κ3) is 3.53. The van der Waals surface area contributed by atoms with Gasteiger partial charge in [0.15, 0.2) is 4.47 Å². The van der Waals surface area contributed by atoms with Crippen LogP contribution in [0.25, 0.3) is 0 Å². The zero-order valence-electron chi connectivity index (χ0n) is 12.5. The quantitative estimate of drug-likeness (QED) is 0.841. The van der Waals surface area contributed by atoms with Gasteiger partial charge in [-0.25, -0.2) is 14.5 Å². The number of rotatable bonds is 3. The van der Waals surface area contributed by atoms with Gasteiger partial charge in [-0.3, -0.25) is 4.79 Å². The van der Waals surface area contributed by atoms with Gasteiger partial charge in [0.25, 0.3) is 5.56 Å². The number of thiazole rings is 1. The number of carbonyl (C=O) groups is 1. The molecule has 0 radical (unpaired) electrons. The van der Waals surface area contributed by atoms with E-state index in [2.05, 4.69) is 10.1 Å². The molecule has 0 unspecified atom stereocenters. The average molecular weight is 355 g/mol. The number of fused-ring (bicyclic) bond motifs is 1. The molecule has 122 valence electrons. The number of nitrogens with zero attached hydrogens (tertiary/aromatic N) is 4. The molecular formula is C14H15ClN4O3S. The summed E-state index contributed by atoms with van der Waals surface area (Å²) in [6.45, 7) is 3.33. The standard InChI is InChI=1S/C14H15ClN4O3S/c1-2-22-14(21)18-4-3-11-9(7-18)5-12(20)19(17-11)8-10-6-16-13(15)23-10/h5-6H,2-4,7-8H2,1H3. The van der Waals surface area contributed by atoms with Crippen molar-refractivity contribution in [2.75, 3.05) is 13.2 Å². The van der Waals surface area contributed by atoms with E-state index in [1.165, 1.54) is 22.1 Å². The van der Waals surface area contributed by atoms with Crippen LogP contribution in [0.4, 0.5) is 4.79 Å². The molecule has 0 spiro atoms. The molecule has 1 aliphatic rings. The van der Waals surface area contributed by atoms with Crippen molar-refractivity contribution in [1.29, 1.82) is 0 Å². The summed E-state index contributed by atoms with van der Waals surface area (Å²) in [5.41, 5.74) is 1.40. The Balaban J connectivity index is 1.81. The van der Waals surface area contributed by atoms with Gasteiger partial charge in [0.2, 0.25) is 0 Å². The van der Waals surface area contributed by atoms with Gasteiger partial charge in [-0.05, 0) is 6.92 Å². The lowest BCUT2D eigenvalue weighted by Crippen LogP contribution is -2.38. The van der Waals surface area contributed by atoms with E-state index in [1.54, 1.807) is 18.0 Å². The molecule has 7 nitrogen and oxygen atoms in total. The summed E-state index contributed by atoms with van der Waals surface area (Å²) in [5, 5.41) is 4.42. The van der Waals surface area contributed by atoms with E-state index >= 15 is 0 Å². The Kier molecular flexibility index (Phi) is 4.63. The van der Waals surface area contributed by atoms with E-state index in [1.807, 2.05) is 0 Å². The first kappa shape index (κ1) is 15.9. The summed E-state index contributed by atoms with van der Waals surface area (Å²) in [6, 6.07) is 1.54. The van der Waals surface area contributed by atoms with Crippen LogP contribution in [0.2, 0.25) is 4.47 Å². The van der Waals surface area contributed by atoms with Gasteiger partial charge >= 0.3 is 6.09 Å². The van der Waals surface area contributed by atoms with Gasteiger partial charge in [-0.1, -0.05) is 11.6 Å². The molecule has 3 heterocycles. The Labute approximate surface area is 141 Å². The second-order valence-electron chi connectivity index (χ2n) is 5.06. The van der Waals surface area contributed by atoms with Crippen LogP contribution in [0, 0.1) is 0 Å². The van der Waals surface area contributed by atoms with Crippen molar-refractivity contribution in [2.24, 2.45) is 0 Å². The zero-order valence-corrected chi connectivity index (χ0v) is 14.1. The Morgan fingerprint density at radius 2 is 2.35 bits per heavy atom. The molecule has 0 N–H and O–H groups in total. The maximum Gasteiger partial charge on any atom is 0.410 e. The maximum atomic E-state index is 12.2. The highest BCUT2D eigenvalue weighted by molar-refractivity contribution is 7.15. The minimum absolute atomic E-state index is 0.209. The highest BCUT2D eigenvalue weighted by Gasteiger charge is 2.23. The lowest BCUT2D eigenvalue weighted by atomic mass is 10.1. The molecule has 0 fully saturated rings. The Morgan fingerprint density at radius 1 is 1.52 bits per heavy atom. The monoisotopic (exact) mass is 354 g/mol. The largest absolute Gasteiger partial charge is 0.450 e. The molecule has 0 atom stereocenters. The summed E-state index contributed by atoms with van der Waals surface area (Å²) < 4.78 is 6.84. The molecule has 9 heteroatoms. The van der Waals surface area contributed by atoms with Crippen LogP contribution in [-0.4, -0.2) is 38.9 Å². The van der Waals surface area contributed by atoms with Crippen molar-refractivity contribution in [3.05, 3.63) is 43.2 Å². The fraction of sp³-hybridized carbons (Fsp3) is 0.429. The van der Waals surface area contributed by atoms with Crippen molar-refractivity contribution in [3.63, 3.8) is 0 Å². The molecular weight excluding hydrogens is 340 g/mol. The number of ether oxygens (including phenoxy) is 1. The van der Waals surface area contributed by atoms with Crippen LogP contribution < -0.4 is 5.56 Å². The topological polar surface area (TPSA) is 77.3 Å². The molecule has 0 bridgehead atoms. The van der Waals surface area contributed by atoms with Crippen LogP contribution in [-0.2, 0) is 24.2 Å². The van der Waals surface area contributed by atoms with Crippen molar-refractivity contribution in [2.45, 2.75) is 26.4 Å². The van der Waals surface area contributed by atoms with Gasteiger partial charge in [-0.2, -0.15) is 5.10 Å². The molecule has 0 aliphatic carbocycles. The van der Waals surface area contributed by atoms with Crippen molar-refractivity contribution >= 4 is 29.0 Å². The fourth-order valence-corrected chi connectivity index (χ4v) is 3.39. The Bertz CT molecular complexity index is 789. The van der Waals surface area contributed by atoms with Crippen LogP contribution in [0.5, 0.6) is 0 Å². The molecule has 23 heavy (non-hydrogen) atoms. The molecule has 3 rings (SSSR count). The minimum Gasteiger partial charge on any atom is -0.450 e. The molecule has 2 aromatic heterocycles. The van der Waals surface area contributed by atoms with Crippen LogP contribution in [0.15, 0.2) is 17.1 Å². The van der Waals surface area contributed by atoms with Crippen LogP contribution in [0.3, 0.4) is 0 Å². The number of halogens is 1. The van der Waals surface area contributed by atoms with Gasteiger partial charge in [0.1, 0.15) is 0 Å². The summed E-state index contributed by atoms with van der Waals surface area (Å²) in [4.78, 5) is 30.4. The highest BCUT2D eigenvalue weighted by Crippen LogP contribution is 2.19. The SMILES string of the molecule is CCOC(=O)N1CCc2nn(Cc3cnc(Cl)s3)c(=O)cc2C1. The van der Waals surface area contributed by atoms with Crippen molar-refractivity contribution in [3.8, 4) is 0 Å². The number of hydrogen-bond donors (Lipinski definition) is 0. The molecule has 1 aliphatic heterocycles. The predicted molar refractivity (Wildman–Crippen MR) is 85.9 cm³/mol. The summed E-state index contributed by atoms with van der Waals surface area (Å²) in [7, 11) is 0. The second-order valence-corrected chi connectivity index (χ2v) is 6.76. The summed E-state index contributed by atoms with van der Waals surface area (Å²) >= 11 is 7.13. The predicted octanol–water partition coefficient (Wildman–Crippen LogP) is 1.92. The van der Waals surface area contributed by atoms with E-state index in [0.717, 1.165) is 16.1 Å². The molecule has 0 aromatic carbocycles. The van der Waals surface area contributed by atoms with Crippen molar-refractivity contribution in [1.82, 2.24) is 19.7 Å². The normalized spacial score (nSPS) is 13.7. The minimum atomic E-state index is -0.360. The van der Waals surface area contributed by atoms with Gasteiger partial charge < -0.3 is 9.64 Å². The number of carbonyl (C=O) groups excluding carboxylic acids is 1. The maximum absolute atomic E-state index is 12.2. The molecule has 0 saturated heterocycles. The number of hydrogen-bond acceptors (Lipinski definition) is 6.